The molecule has 2 N–H and O–H groups in total. The predicted octanol–water partition coefficient (Wildman–Crippen LogP) is 7.85. The smallest absolute Gasteiger partial charge is 0.366 e. The van der Waals surface area contributed by atoms with E-state index in [0.29, 0.717) is 12.1 Å². The van der Waals surface area contributed by atoms with E-state index in [2.05, 4.69) is 0 Å². The van der Waals surface area contributed by atoms with E-state index in [-0.39, 0.29) is 11.1 Å². The third kappa shape index (κ3) is 8.02. The molecule has 2 atom stereocenters. The number of amides is 1. The van der Waals surface area contributed by atoms with Crippen molar-refractivity contribution in [1.29, 1.82) is 5.26 Å². The predicted molar refractivity (Wildman–Crippen MR) is 137 cm³/mol. The molecule has 218 valence electrons. The van der Waals surface area contributed by atoms with Gasteiger partial charge >= 0.3 is 12.4 Å². The summed E-state index contributed by atoms with van der Waals surface area (Å²) in [4.78, 5) is 11.8. The molecule has 0 aliphatic heterocycles. The summed E-state index contributed by atoms with van der Waals surface area (Å²) in [5, 5.41) is 7.55. The number of carbonyl (C=O) groups excluding carboxylic acids is 1. The number of sulfone groups is 1. The highest BCUT2D eigenvalue weighted by Crippen LogP contribution is 2.45. The van der Waals surface area contributed by atoms with Crippen molar-refractivity contribution in [1.82, 2.24) is 0 Å². The van der Waals surface area contributed by atoms with Gasteiger partial charge in [0.1, 0.15) is 11.7 Å². The Labute approximate surface area is 239 Å². The lowest BCUT2D eigenvalue weighted by Gasteiger charge is -2.24. The number of hydrogen-bond acceptors (Lipinski definition) is 4. The van der Waals surface area contributed by atoms with E-state index >= 15 is 4.39 Å². The van der Waals surface area contributed by atoms with Crippen LogP contribution >= 0.6 is 34.8 Å². The van der Waals surface area contributed by atoms with E-state index in [1.165, 1.54) is 0 Å². The minimum atomic E-state index is -5.40. The van der Waals surface area contributed by atoms with Gasteiger partial charge in [-0.05, 0) is 41.3 Å². The third-order valence-corrected chi connectivity index (χ3v) is 8.64. The zero-order valence-electron chi connectivity index (χ0n) is 20.1. The Hall–Kier alpha value is -2.53. The van der Waals surface area contributed by atoms with Gasteiger partial charge in [0.15, 0.2) is 9.84 Å². The first-order valence-electron chi connectivity index (χ1n) is 10.9. The van der Waals surface area contributed by atoms with Gasteiger partial charge in [-0.1, -0.05) is 47.8 Å². The first-order valence-corrected chi connectivity index (χ1v) is 13.9. The zero-order chi connectivity index (χ0) is 30.8. The van der Waals surface area contributed by atoms with Crippen molar-refractivity contribution < 1.29 is 43.9 Å². The minimum Gasteiger partial charge on any atom is -0.366 e. The quantitative estimate of drug-likeness (QED) is 0.220. The van der Waals surface area contributed by atoms with Gasteiger partial charge in [0.2, 0.25) is 5.91 Å². The van der Waals surface area contributed by atoms with Crippen molar-refractivity contribution >= 4 is 56.4 Å². The molecule has 0 aromatic heterocycles. The maximum atomic E-state index is 15.6. The summed E-state index contributed by atoms with van der Waals surface area (Å²) >= 11 is 17.4. The van der Waals surface area contributed by atoms with Crippen molar-refractivity contribution in [3.05, 3.63) is 73.2 Å². The molecule has 1 amide bonds. The maximum absolute atomic E-state index is 15.6. The molecule has 2 rings (SSSR count). The first-order chi connectivity index (χ1) is 18.2. The van der Waals surface area contributed by atoms with Crippen LogP contribution in [-0.4, -0.2) is 32.0 Å². The molecule has 0 aliphatic rings. The molecule has 0 fully saturated rings. The van der Waals surface area contributed by atoms with Crippen LogP contribution in [-0.2, 0) is 16.0 Å². The number of halogens is 10. The molecule has 0 aliphatic carbocycles. The number of alkyl halides is 6. The Morgan fingerprint density at radius 3 is 2.05 bits per heavy atom. The second kappa shape index (κ2) is 12.5. The lowest BCUT2D eigenvalue weighted by atomic mass is 9.86. The summed E-state index contributed by atoms with van der Waals surface area (Å²) in [5.74, 6) is -9.70. The second-order valence-corrected chi connectivity index (χ2v) is 12.0. The third-order valence-electron chi connectivity index (χ3n) is 5.60. The van der Waals surface area contributed by atoms with Gasteiger partial charge in [-0.25, -0.2) is 12.8 Å². The van der Waals surface area contributed by atoms with Crippen molar-refractivity contribution in [2.24, 2.45) is 5.73 Å². The zero-order valence-corrected chi connectivity index (χ0v) is 23.2. The number of allylic oxidation sites excluding steroid dienone is 1. The Kier molecular flexibility index (Phi) is 10.6. The van der Waals surface area contributed by atoms with Gasteiger partial charge in [0.25, 0.3) is 0 Å². The fourth-order valence-corrected chi connectivity index (χ4v) is 6.08. The second-order valence-electron chi connectivity index (χ2n) is 8.57. The van der Waals surface area contributed by atoms with Crippen LogP contribution in [0.15, 0.2) is 30.3 Å². The van der Waals surface area contributed by atoms with E-state index in [1.54, 1.807) is 6.07 Å². The fourth-order valence-electron chi connectivity index (χ4n) is 3.97. The topological polar surface area (TPSA) is 101 Å². The Balaban J connectivity index is 2.89. The Bertz CT molecular complexity index is 1460. The molecule has 16 heteroatoms. The molecule has 0 heterocycles. The molecule has 2 aromatic rings. The summed E-state index contributed by atoms with van der Waals surface area (Å²) in [6.07, 6.45) is -11.1. The number of nitriles is 1. The maximum Gasteiger partial charge on any atom is 0.417 e. The van der Waals surface area contributed by atoms with Crippen LogP contribution in [0.1, 0.15) is 57.8 Å². The number of nitrogens with two attached hydrogens (primary N) is 1. The van der Waals surface area contributed by atoms with E-state index in [9.17, 15) is 39.6 Å². The van der Waals surface area contributed by atoms with Crippen molar-refractivity contribution in [3.63, 3.8) is 0 Å². The van der Waals surface area contributed by atoms with Crippen LogP contribution in [0, 0.1) is 11.3 Å². The first kappa shape index (κ1) is 33.7. The highest BCUT2D eigenvalue weighted by molar-refractivity contribution is 7.91. The van der Waals surface area contributed by atoms with Crippen LogP contribution < -0.4 is 5.73 Å². The van der Waals surface area contributed by atoms with Gasteiger partial charge < -0.3 is 5.73 Å². The average molecular weight is 654 g/mol. The summed E-state index contributed by atoms with van der Waals surface area (Å²) in [6.45, 7) is 0.954. The average Bonchev–Trinajstić information content (AvgIpc) is 2.81. The van der Waals surface area contributed by atoms with E-state index < -0.39 is 102 Å². The van der Waals surface area contributed by atoms with Crippen LogP contribution in [0.25, 0.3) is 5.83 Å². The highest BCUT2D eigenvalue weighted by Gasteiger charge is 2.43. The van der Waals surface area contributed by atoms with Gasteiger partial charge in [-0.2, -0.15) is 31.6 Å². The van der Waals surface area contributed by atoms with Crippen molar-refractivity contribution in [3.8, 4) is 6.07 Å². The summed E-state index contributed by atoms with van der Waals surface area (Å²) in [5.41, 5.74) is -0.736. The molecule has 0 saturated heterocycles. The summed E-state index contributed by atoms with van der Waals surface area (Å²) < 4.78 is 125. The van der Waals surface area contributed by atoms with Crippen molar-refractivity contribution in [2.75, 3.05) is 11.5 Å². The van der Waals surface area contributed by atoms with E-state index in [4.69, 9.17) is 45.8 Å². The molecule has 0 saturated carbocycles. The molecule has 5 nitrogen and oxygen atoms in total. The van der Waals surface area contributed by atoms with Crippen LogP contribution in [0.3, 0.4) is 0 Å². The van der Waals surface area contributed by atoms with Gasteiger partial charge in [0, 0.05) is 12.0 Å². The fraction of sp³-hybridized carbons (Fsp3) is 0.333. The number of hydrogen-bond donors (Lipinski definition) is 1. The molecule has 1 unspecified atom stereocenters. The Morgan fingerprint density at radius 1 is 1.07 bits per heavy atom. The number of carbonyl (C=O) groups is 1. The van der Waals surface area contributed by atoms with E-state index in [0.717, 1.165) is 19.1 Å². The largest absolute Gasteiger partial charge is 0.417 e. The van der Waals surface area contributed by atoms with Gasteiger partial charge in [0.05, 0.1) is 43.8 Å². The normalized spacial score (nSPS) is 14.5. The number of primary amides is 1. The molecule has 40 heavy (non-hydrogen) atoms. The molecule has 0 bridgehead atoms. The minimum absolute atomic E-state index is 0.0320. The lowest BCUT2D eigenvalue weighted by molar-refractivity contribution is -0.140. The summed E-state index contributed by atoms with van der Waals surface area (Å²) in [7, 11) is -4.20. The van der Waals surface area contributed by atoms with Crippen LogP contribution in [0.5, 0.6) is 0 Å². The van der Waals surface area contributed by atoms with Crippen LogP contribution in [0.4, 0.5) is 30.7 Å². The number of benzene rings is 2. The monoisotopic (exact) mass is 652 g/mol. The van der Waals surface area contributed by atoms with Crippen LogP contribution in [0.2, 0.25) is 15.1 Å². The highest BCUT2D eigenvalue weighted by atomic mass is 35.5. The SMILES string of the molecule is C[C@@H](CS(=O)(=O)CCC#N)c1c(/C(F)=C/C(c2cc(Cl)c(Cl)c(Cl)c2)C(F)(F)F)ccc(C(N)=O)c1C(F)(F)F. The standard InChI is InChI=1S/C24H18Cl3F7N2O3S/c1-11(10-40(38,39)6-2-5-35)19-13(3-4-14(22(36)37)20(19)24(32,33)34)18(28)9-15(23(29,30)31)12-7-16(25)21(27)17(26)8-12/h3-4,7-9,11,15H,2,6,10H2,1H3,(H2,36,37)/b18-9-/t11-,15?/m0/s1. The molecule has 2 aromatic carbocycles. The van der Waals surface area contributed by atoms with Crippen molar-refractivity contribution in [2.45, 2.75) is 37.5 Å². The van der Waals surface area contributed by atoms with E-state index in [1.807, 2.05) is 0 Å². The Morgan fingerprint density at radius 2 is 1.60 bits per heavy atom. The number of nitrogens with zero attached hydrogens (tertiary/aromatic N) is 1. The molecule has 0 radical (unpaired) electrons. The molecular formula is C24H18Cl3F7N2O3S. The lowest BCUT2D eigenvalue weighted by Crippen LogP contribution is -2.25. The molecular weight excluding hydrogens is 636 g/mol. The molecule has 0 spiro atoms. The van der Waals surface area contributed by atoms with Gasteiger partial charge in [-0.3, -0.25) is 4.79 Å². The summed E-state index contributed by atoms with van der Waals surface area (Å²) in [6, 6.07) is 4.15. The van der Waals surface area contributed by atoms with Gasteiger partial charge in [-0.15, -0.1) is 0 Å². The number of rotatable bonds is 9.